The third-order valence-electron chi connectivity index (χ3n) is 6.87. The van der Waals surface area contributed by atoms with E-state index in [1.165, 1.54) is 0 Å². The molecule has 0 saturated heterocycles. The van der Waals surface area contributed by atoms with E-state index < -0.39 is 5.72 Å². The third-order valence-corrected chi connectivity index (χ3v) is 6.87. The normalized spacial score (nSPS) is 18.6. The van der Waals surface area contributed by atoms with Gasteiger partial charge in [0.25, 0.3) is 0 Å². The zero-order valence-corrected chi connectivity index (χ0v) is 19.6. The third kappa shape index (κ3) is 3.77. The number of phenolic OH excluding ortho intramolecular Hbond substituents is 1. The van der Waals surface area contributed by atoms with Gasteiger partial charge in [0.05, 0.1) is 13.0 Å². The summed E-state index contributed by atoms with van der Waals surface area (Å²) in [5.41, 5.74) is 3.77. The molecule has 168 valence electrons. The fourth-order valence-corrected chi connectivity index (χ4v) is 4.49. The molecule has 1 heterocycles. The Bertz CT molecular complexity index is 1220. The fourth-order valence-electron chi connectivity index (χ4n) is 4.49. The quantitative estimate of drug-likeness (QED) is 0.575. The van der Waals surface area contributed by atoms with E-state index in [4.69, 9.17) is 9.47 Å². The molecule has 0 radical (unpaired) electrons. The van der Waals surface area contributed by atoms with Crippen LogP contribution in [-0.4, -0.2) is 23.8 Å². The molecule has 5 heteroatoms. The molecule has 0 saturated carbocycles. The molecule has 5 nitrogen and oxygen atoms in total. The van der Waals surface area contributed by atoms with Crippen LogP contribution in [-0.2, 0) is 11.2 Å². The van der Waals surface area contributed by atoms with Crippen LogP contribution in [0.25, 0.3) is 10.8 Å². The van der Waals surface area contributed by atoms with Gasteiger partial charge in [0.2, 0.25) is 5.91 Å². The lowest BCUT2D eigenvalue weighted by molar-refractivity contribution is -0.128. The summed E-state index contributed by atoms with van der Waals surface area (Å²) >= 11 is 0. The topological polar surface area (TPSA) is 67.8 Å². The van der Waals surface area contributed by atoms with E-state index in [1.54, 1.807) is 7.11 Å². The van der Waals surface area contributed by atoms with E-state index in [-0.39, 0.29) is 11.8 Å². The Morgan fingerprint density at radius 1 is 1.09 bits per heavy atom. The van der Waals surface area contributed by atoms with Gasteiger partial charge in [-0.05, 0) is 86.2 Å². The predicted molar refractivity (Wildman–Crippen MR) is 127 cm³/mol. The number of aromatic hydroxyl groups is 1. The Balaban J connectivity index is 1.55. The van der Waals surface area contributed by atoms with Crippen LogP contribution in [0.1, 0.15) is 54.0 Å². The van der Waals surface area contributed by atoms with Gasteiger partial charge in [-0.25, -0.2) is 0 Å². The minimum Gasteiger partial charge on any atom is -0.507 e. The molecule has 1 amide bonds. The van der Waals surface area contributed by atoms with Crippen molar-refractivity contribution in [3.05, 3.63) is 64.2 Å². The molecule has 2 atom stereocenters. The van der Waals surface area contributed by atoms with Crippen LogP contribution in [0.4, 0.5) is 0 Å². The highest BCUT2D eigenvalue weighted by atomic mass is 16.5. The molecule has 1 aliphatic heterocycles. The van der Waals surface area contributed by atoms with Gasteiger partial charge in [0, 0.05) is 12.0 Å². The number of carbonyl (C=O) groups is 1. The van der Waals surface area contributed by atoms with Crippen LogP contribution >= 0.6 is 0 Å². The summed E-state index contributed by atoms with van der Waals surface area (Å²) in [4.78, 5) is 13.2. The van der Waals surface area contributed by atoms with Crippen molar-refractivity contribution in [2.75, 3.05) is 7.11 Å². The molecule has 3 aromatic rings. The summed E-state index contributed by atoms with van der Waals surface area (Å²) in [5.74, 6) is 1.52. The van der Waals surface area contributed by atoms with Gasteiger partial charge in [0.15, 0.2) is 5.72 Å². The molecule has 32 heavy (non-hydrogen) atoms. The first-order chi connectivity index (χ1) is 15.1. The van der Waals surface area contributed by atoms with Crippen LogP contribution in [0.2, 0.25) is 0 Å². The smallest absolute Gasteiger partial charge is 0.230 e. The van der Waals surface area contributed by atoms with Crippen LogP contribution in [0.5, 0.6) is 17.2 Å². The van der Waals surface area contributed by atoms with Crippen LogP contribution in [0, 0.1) is 20.8 Å². The number of nitrogens with one attached hydrogen (secondary N) is 1. The minimum absolute atomic E-state index is 0.0753. The number of carbonyl (C=O) groups excluding carboxylic acids is 1. The maximum Gasteiger partial charge on any atom is 0.230 e. The van der Waals surface area contributed by atoms with Crippen molar-refractivity contribution in [3.8, 4) is 17.2 Å². The number of methoxy groups -OCH3 is 1. The average molecular weight is 434 g/mol. The Hall–Kier alpha value is -3.21. The van der Waals surface area contributed by atoms with Gasteiger partial charge < -0.3 is 19.9 Å². The highest BCUT2D eigenvalue weighted by molar-refractivity contribution is 5.88. The first-order valence-corrected chi connectivity index (χ1v) is 11.0. The first-order valence-electron chi connectivity index (χ1n) is 11.0. The lowest BCUT2D eigenvalue weighted by Gasteiger charge is -2.38. The van der Waals surface area contributed by atoms with Crippen molar-refractivity contribution >= 4 is 16.7 Å². The summed E-state index contributed by atoms with van der Waals surface area (Å²) < 4.78 is 11.7. The largest absolute Gasteiger partial charge is 0.507 e. The number of fused-ring (bicyclic) bond motifs is 2. The van der Waals surface area contributed by atoms with Gasteiger partial charge in [-0.2, -0.15) is 0 Å². The highest BCUT2D eigenvalue weighted by Crippen LogP contribution is 2.42. The SMILES string of the molecule is COc1ccc2cc([C@H](C)C(=O)N[C@@]3(C)CCc4c(C)c(O)c(C)c(C)c4O3)ccc2c1. The van der Waals surface area contributed by atoms with Gasteiger partial charge in [-0.1, -0.05) is 24.3 Å². The molecule has 0 fully saturated rings. The van der Waals surface area contributed by atoms with Crippen molar-refractivity contribution < 1.29 is 19.4 Å². The number of phenols is 1. The predicted octanol–water partition coefficient (Wildman–Crippen LogP) is 5.44. The molecular weight excluding hydrogens is 402 g/mol. The molecule has 4 rings (SSSR count). The molecule has 0 unspecified atom stereocenters. The van der Waals surface area contributed by atoms with E-state index >= 15 is 0 Å². The summed E-state index contributed by atoms with van der Waals surface area (Å²) in [5, 5.41) is 15.7. The minimum atomic E-state index is -0.802. The summed E-state index contributed by atoms with van der Waals surface area (Å²) in [6.45, 7) is 9.60. The standard InChI is InChI=1S/C27H31NO4/c1-15-16(2)25-23(18(4)24(15)29)11-12-27(5,32-25)28-26(30)17(3)19-7-8-21-14-22(31-6)10-9-20(21)13-19/h7-10,13-14,17,29H,11-12H2,1-6H3,(H,28,30)/t17-,27+/m0/s1. The Morgan fingerprint density at radius 2 is 1.78 bits per heavy atom. The molecule has 1 aliphatic rings. The summed E-state index contributed by atoms with van der Waals surface area (Å²) in [6.07, 6.45) is 1.37. The first kappa shape index (κ1) is 22.0. The van der Waals surface area contributed by atoms with E-state index in [9.17, 15) is 9.90 Å². The monoisotopic (exact) mass is 433 g/mol. The van der Waals surface area contributed by atoms with Gasteiger partial charge in [0.1, 0.15) is 17.2 Å². The number of rotatable bonds is 4. The summed E-state index contributed by atoms with van der Waals surface area (Å²) in [6, 6.07) is 12.0. The molecule has 0 spiro atoms. The molecule has 0 aliphatic carbocycles. The van der Waals surface area contributed by atoms with Crippen LogP contribution in [0.3, 0.4) is 0 Å². The average Bonchev–Trinajstić information content (AvgIpc) is 2.79. The highest BCUT2D eigenvalue weighted by Gasteiger charge is 2.36. The maximum atomic E-state index is 13.2. The number of amides is 1. The number of ether oxygens (including phenoxy) is 2. The maximum absolute atomic E-state index is 13.2. The number of hydrogen-bond acceptors (Lipinski definition) is 4. The second kappa shape index (κ2) is 8.05. The van der Waals surface area contributed by atoms with Crippen molar-refractivity contribution in [1.82, 2.24) is 5.32 Å². The van der Waals surface area contributed by atoms with E-state index in [0.29, 0.717) is 12.2 Å². The van der Waals surface area contributed by atoms with Gasteiger partial charge >= 0.3 is 0 Å². The Kier molecular flexibility index (Phi) is 5.53. The molecule has 0 aromatic heterocycles. The Labute approximate surface area is 189 Å². The van der Waals surface area contributed by atoms with Crippen molar-refractivity contribution in [2.24, 2.45) is 0 Å². The van der Waals surface area contributed by atoms with E-state index in [2.05, 4.69) is 11.4 Å². The number of hydrogen-bond donors (Lipinski definition) is 2. The van der Waals surface area contributed by atoms with E-state index in [1.807, 2.05) is 65.0 Å². The number of benzene rings is 3. The second-order valence-corrected chi connectivity index (χ2v) is 9.05. The zero-order valence-electron chi connectivity index (χ0n) is 19.6. The lowest BCUT2D eigenvalue weighted by atomic mass is 9.89. The molecular formula is C27H31NO4. The molecule has 0 bridgehead atoms. The molecule has 2 N–H and O–H groups in total. The van der Waals surface area contributed by atoms with Crippen LogP contribution in [0.15, 0.2) is 36.4 Å². The Morgan fingerprint density at radius 3 is 2.50 bits per heavy atom. The van der Waals surface area contributed by atoms with Crippen molar-refractivity contribution in [1.29, 1.82) is 0 Å². The van der Waals surface area contributed by atoms with Crippen molar-refractivity contribution in [2.45, 2.75) is 59.1 Å². The fraction of sp³-hybridized carbons (Fsp3) is 0.370. The van der Waals surface area contributed by atoms with Crippen molar-refractivity contribution in [3.63, 3.8) is 0 Å². The van der Waals surface area contributed by atoms with Gasteiger partial charge in [-0.15, -0.1) is 0 Å². The van der Waals surface area contributed by atoms with Crippen LogP contribution < -0.4 is 14.8 Å². The van der Waals surface area contributed by atoms with E-state index in [0.717, 1.165) is 56.5 Å². The second-order valence-electron chi connectivity index (χ2n) is 9.05. The zero-order chi connectivity index (χ0) is 23.2. The van der Waals surface area contributed by atoms with Gasteiger partial charge in [-0.3, -0.25) is 4.79 Å². The summed E-state index contributed by atoms with van der Waals surface area (Å²) in [7, 11) is 1.65. The molecule has 3 aromatic carbocycles. The lowest BCUT2D eigenvalue weighted by Crippen LogP contribution is -2.53.